The average molecular weight is 317 g/mol. The summed E-state index contributed by atoms with van der Waals surface area (Å²) in [7, 11) is 0. The quantitative estimate of drug-likeness (QED) is 0.539. The van der Waals surface area contributed by atoms with Gasteiger partial charge in [0.2, 0.25) is 0 Å². The lowest BCUT2D eigenvalue weighted by Crippen LogP contribution is -2.08. The van der Waals surface area contributed by atoms with Gasteiger partial charge in [-0.2, -0.15) is 0 Å². The van der Waals surface area contributed by atoms with Crippen molar-refractivity contribution in [2.45, 2.75) is 0 Å². The molecule has 0 N–H and O–H groups in total. The second-order valence-electron chi connectivity index (χ2n) is 4.21. The molecule has 21 heavy (non-hydrogen) atoms. The lowest BCUT2D eigenvalue weighted by molar-refractivity contribution is 0.0735. The van der Waals surface area contributed by atoms with E-state index in [0.717, 1.165) is 11.3 Å². The number of carbonyl (C=O) groups excluding carboxylic acids is 1. The Morgan fingerprint density at radius 3 is 2.38 bits per heavy atom. The van der Waals surface area contributed by atoms with Gasteiger partial charge in [-0.3, -0.25) is 0 Å². The van der Waals surface area contributed by atoms with Crippen molar-refractivity contribution in [3.8, 4) is 17.0 Å². The molecule has 0 bridgehead atoms. The zero-order chi connectivity index (χ0) is 14.7. The Bertz CT molecular complexity index is 740. The Labute approximate surface area is 130 Å². The van der Waals surface area contributed by atoms with Crippen LogP contribution in [0, 0.1) is 0 Å². The van der Waals surface area contributed by atoms with Crippen LogP contribution in [-0.4, -0.2) is 15.6 Å². The fourth-order valence-corrected chi connectivity index (χ4v) is 2.33. The Balaban J connectivity index is 1.73. The summed E-state index contributed by atoms with van der Waals surface area (Å²) in [6.07, 6.45) is 0. The number of aromatic nitrogens is 2. The van der Waals surface area contributed by atoms with Crippen molar-refractivity contribution in [2.75, 3.05) is 0 Å². The molecule has 6 heteroatoms. The van der Waals surface area contributed by atoms with Crippen LogP contribution >= 0.6 is 23.1 Å². The van der Waals surface area contributed by atoms with Gasteiger partial charge in [0.25, 0.3) is 0 Å². The van der Waals surface area contributed by atoms with Gasteiger partial charge in [-0.1, -0.05) is 16.1 Å². The Hall–Kier alpha value is -2.24. The van der Waals surface area contributed by atoms with Gasteiger partial charge < -0.3 is 4.74 Å². The number of hydrogen-bond acceptors (Lipinski definition) is 5. The molecule has 0 aliphatic carbocycles. The Kier molecular flexibility index (Phi) is 3.94. The molecule has 1 aromatic heterocycles. The topological polar surface area (TPSA) is 52.1 Å². The van der Waals surface area contributed by atoms with Gasteiger partial charge in [0.05, 0.1) is 5.56 Å². The number of esters is 1. The predicted octanol–water partition coefficient (Wildman–Crippen LogP) is 4.08. The molecule has 0 aliphatic heterocycles. The summed E-state index contributed by atoms with van der Waals surface area (Å²) < 4.78 is 9.11. The molecule has 104 valence electrons. The lowest BCUT2D eigenvalue weighted by Gasteiger charge is -2.05. The van der Waals surface area contributed by atoms with Crippen molar-refractivity contribution in [1.29, 1.82) is 0 Å². The van der Waals surface area contributed by atoms with Gasteiger partial charge in [0.1, 0.15) is 11.4 Å². The van der Waals surface area contributed by atoms with Crippen LogP contribution < -0.4 is 4.74 Å². The van der Waals surface area contributed by atoms with Crippen LogP contribution in [0.3, 0.4) is 0 Å². The molecule has 0 radical (unpaired) electrons. The lowest BCUT2D eigenvalue weighted by atomic mass is 10.2. The summed E-state index contributed by atoms with van der Waals surface area (Å²) in [4.78, 5) is 12.0. The highest BCUT2D eigenvalue weighted by Crippen LogP contribution is 2.22. The predicted molar refractivity (Wildman–Crippen MR) is 81.8 cm³/mol. The van der Waals surface area contributed by atoms with E-state index in [0.29, 0.717) is 16.3 Å². The molecule has 3 rings (SSSR count). The first-order valence-corrected chi connectivity index (χ1v) is 7.29. The van der Waals surface area contributed by atoms with Gasteiger partial charge in [0, 0.05) is 16.0 Å². The first-order chi connectivity index (χ1) is 10.2. The number of benzene rings is 2. The molecule has 0 saturated carbocycles. The third kappa shape index (κ3) is 3.26. The minimum Gasteiger partial charge on any atom is -0.423 e. The van der Waals surface area contributed by atoms with Gasteiger partial charge in [-0.05, 0) is 60.1 Å². The SMILES string of the molecule is O=C(Oc1ccc(-c2csnn2)cc1)c1ccc(Cl)cc1. The highest BCUT2D eigenvalue weighted by atomic mass is 35.5. The highest BCUT2D eigenvalue weighted by Gasteiger charge is 2.09. The number of rotatable bonds is 3. The second-order valence-corrected chi connectivity index (χ2v) is 5.26. The number of hydrogen-bond donors (Lipinski definition) is 0. The van der Waals surface area contributed by atoms with Crippen molar-refractivity contribution in [1.82, 2.24) is 9.59 Å². The zero-order valence-electron chi connectivity index (χ0n) is 10.7. The van der Waals surface area contributed by atoms with E-state index in [1.165, 1.54) is 11.5 Å². The molecule has 1 heterocycles. The van der Waals surface area contributed by atoms with Crippen molar-refractivity contribution in [2.24, 2.45) is 0 Å². The molecular weight excluding hydrogens is 308 g/mol. The molecule has 3 aromatic rings. The standard InChI is InChI=1S/C15H9ClN2O2S/c16-12-5-1-11(2-6-12)15(19)20-13-7-3-10(4-8-13)14-9-21-18-17-14/h1-9H. The number of carbonyl (C=O) groups is 1. The number of halogens is 1. The highest BCUT2D eigenvalue weighted by molar-refractivity contribution is 7.03. The van der Waals surface area contributed by atoms with E-state index in [1.54, 1.807) is 36.4 Å². The van der Waals surface area contributed by atoms with Crippen LogP contribution in [0.1, 0.15) is 10.4 Å². The van der Waals surface area contributed by atoms with Gasteiger partial charge in [-0.25, -0.2) is 4.79 Å². The average Bonchev–Trinajstić information content (AvgIpc) is 3.03. The van der Waals surface area contributed by atoms with E-state index in [4.69, 9.17) is 16.3 Å². The molecule has 0 atom stereocenters. The maximum Gasteiger partial charge on any atom is 0.343 e. The van der Waals surface area contributed by atoms with E-state index < -0.39 is 5.97 Å². The first-order valence-electron chi connectivity index (χ1n) is 6.07. The molecule has 2 aromatic carbocycles. The van der Waals surface area contributed by atoms with Crippen LogP contribution in [0.25, 0.3) is 11.3 Å². The van der Waals surface area contributed by atoms with E-state index in [2.05, 4.69) is 9.59 Å². The first kappa shape index (κ1) is 13.7. The second kappa shape index (κ2) is 6.03. The van der Waals surface area contributed by atoms with E-state index in [1.807, 2.05) is 17.5 Å². The van der Waals surface area contributed by atoms with Crippen LogP contribution in [0.2, 0.25) is 5.02 Å². The van der Waals surface area contributed by atoms with Gasteiger partial charge in [0.15, 0.2) is 0 Å². The molecule has 0 unspecified atom stereocenters. The fourth-order valence-electron chi connectivity index (χ4n) is 1.74. The van der Waals surface area contributed by atoms with Crippen molar-refractivity contribution in [3.63, 3.8) is 0 Å². The van der Waals surface area contributed by atoms with Crippen LogP contribution in [0.5, 0.6) is 5.75 Å². The monoisotopic (exact) mass is 316 g/mol. The number of ether oxygens (including phenoxy) is 1. The van der Waals surface area contributed by atoms with Gasteiger partial charge in [-0.15, -0.1) is 5.10 Å². The maximum atomic E-state index is 12.0. The van der Waals surface area contributed by atoms with Crippen LogP contribution in [0.15, 0.2) is 53.9 Å². The van der Waals surface area contributed by atoms with Crippen LogP contribution in [0.4, 0.5) is 0 Å². The summed E-state index contributed by atoms with van der Waals surface area (Å²) in [6, 6.07) is 13.7. The molecular formula is C15H9ClN2O2S. The summed E-state index contributed by atoms with van der Waals surface area (Å²) in [5.41, 5.74) is 2.18. The maximum absolute atomic E-state index is 12.0. The van der Waals surface area contributed by atoms with Crippen LogP contribution in [-0.2, 0) is 0 Å². The molecule has 0 saturated heterocycles. The van der Waals surface area contributed by atoms with Crippen molar-refractivity contribution < 1.29 is 9.53 Å². The Morgan fingerprint density at radius 2 is 1.76 bits per heavy atom. The number of nitrogens with zero attached hydrogens (tertiary/aromatic N) is 2. The minimum atomic E-state index is -0.422. The van der Waals surface area contributed by atoms with Crippen molar-refractivity contribution in [3.05, 3.63) is 64.5 Å². The fraction of sp³-hybridized carbons (Fsp3) is 0. The zero-order valence-corrected chi connectivity index (χ0v) is 12.3. The van der Waals surface area contributed by atoms with E-state index >= 15 is 0 Å². The normalized spacial score (nSPS) is 10.3. The summed E-state index contributed by atoms with van der Waals surface area (Å²) in [5.74, 6) is 0.0524. The van der Waals surface area contributed by atoms with E-state index in [9.17, 15) is 4.79 Å². The third-order valence-electron chi connectivity index (χ3n) is 2.80. The minimum absolute atomic E-state index is 0.422. The molecule has 0 amide bonds. The summed E-state index contributed by atoms with van der Waals surface area (Å²) >= 11 is 7.07. The molecule has 0 fully saturated rings. The largest absolute Gasteiger partial charge is 0.423 e. The van der Waals surface area contributed by atoms with Crippen molar-refractivity contribution >= 4 is 29.1 Å². The molecule has 0 spiro atoms. The molecule has 4 nitrogen and oxygen atoms in total. The Morgan fingerprint density at radius 1 is 1.05 bits per heavy atom. The summed E-state index contributed by atoms with van der Waals surface area (Å²) in [6.45, 7) is 0. The van der Waals surface area contributed by atoms with Gasteiger partial charge >= 0.3 is 5.97 Å². The third-order valence-corrected chi connectivity index (χ3v) is 3.56. The van der Waals surface area contributed by atoms with E-state index in [-0.39, 0.29) is 0 Å². The molecule has 0 aliphatic rings. The summed E-state index contributed by atoms with van der Waals surface area (Å²) in [5, 5.41) is 6.41. The smallest absolute Gasteiger partial charge is 0.343 e.